The second kappa shape index (κ2) is 4.07. The topological polar surface area (TPSA) is 60.5 Å². The molecule has 1 aliphatic rings. The van der Waals surface area contributed by atoms with Crippen molar-refractivity contribution in [2.75, 3.05) is 25.4 Å². The number of rotatable bonds is 1. The lowest BCUT2D eigenvalue weighted by atomic mass is 10.1. The van der Waals surface area contributed by atoms with E-state index in [9.17, 15) is 4.79 Å². The molecule has 5 heteroatoms. The van der Waals surface area contributed by atoms with Gasteiger partial charge in [-0.05, 0) is 19.9 Å². The number of amides is 1. The molecule has 0 unspecified atom stereocenters. The van der Waals surface area contributed by atoms with Gasteiger partial charge >= 0.3 is 0 Å². The largest absolute Gasteiger partial charge is 0.397 e. The van der Waals surface area contributed by atoms with Gasteiger partial charge in [0.05, 0.1) is 17.9 Å². The highest BCUT2D eigenvalue weighted by Gasteiger charge is 2.31. The second-order valence-corrected chi connectivity index (χ2v) is 5.10. The van der Waals surface area contributed by atoms with Crippen LogP contribution in [0.2, 0.25) is 0 Å². The average molecular weight is 237 g/mol. The third kappa shape index (κ3) is 2.44. The van der Waals surface area contributed by atoms with Crippen LogP contribution in [0.15, 0.2) is 12.3 Å². The number of hydrogen-bond acceptors (Lipinski definition) is 3. The number of anilines is 1. The van der Waals surface area contributed by atoms with Gasteiger partial charge < -0.3 is 19.9 Å². The molecule has 0 bridgehead atoms. The Kier molecular flexibility index (Phi) is 2.87. The maximum absolute atomic E-state index is 12.3. The van der Waals surface area contributed by atoms with E-state index in [1.807, 2.05) is 25.8 Å². The van der Waals surface area contributed by atoms with E-state index >= 15 is 0 Å². The van der Waals surface area contributed by atoms with Crippen LogP contribution >= 0.6 is 0 Å². The molecule has 0 aromatic carbocycles. The van der Waals surface area contributed by atoms with Crippen LogP contribution in [0.1, 0.15) is 24.3 Å². The van der Waals surface area contributed by atoms with Crippen molar-refractivity contribution >= 4 is 11.6 Å². The SMILES string of the molecule is Cn1cc(N)cc1C(=O)N1CCOC(C)(C)C1. The van der Waals surface area contributed by atoms with Crippen molar-refractivity contribution in [1.29, 1.82) is 0 Å². The maximum Gasteiger partial charge on any atom is 0.270 e. The summed E-state index contributed by atoms with van der Waals surface area (Å²) in [5.74, 6) is 0.0144. The van der Waals surface area contributed by atoms with Crippen molar-refractivity contribution in [3.05, 3.63) is 18.0 Å². The minimum absolute atomic E-state index is 0.0144. The van der Waals surface area contributed by atoms with Gasteiger partial charge in [-0.2, -0.15) is 0 Å². The van der Waals surface area contributed by atoms with E-state index in [0.29, 0.717) is 31.1 Å². The van der Waals surface area contributed by atoms with Gasteiger partial charge in [0.25, 0.3) is 5.91 Å². The van der Waals surface area contributed by atoms with E-state index in [0.717, 1.165) is 0 Å². The number of hydrogen-bond donors (Lipinski definition) is 1. The summed E-state index contributed by atoms with van der Waals surface area (Å²) in [7, 11) is 1.83. The fraction of sp³-hybridized carbons (Fsp3) is 0.583. The molecule has 1 aromatic rings. The maximum atomic E-state index is 12.3. The summed E-state index contributed by atoms with van der Waals surface area (Å²) in [6, 6.07) is 1.71. The van der Waals surface area contributed by atoms with E-state index in [-0.39, 0.29) is 11.5 Å². The van der Waals surface area contributed by atoms with Gasteiger partial charge in [0, 0.05) is 26.3 Å². The molecule has 1 aromatic heterocycles. The quantitative estimate of drug-likeness (QED) is 0.788. The number of nitrogens with zero attached hydrogens (tertiary/aromatic N) is 2. The molecule has 2 rings (SSSR count). The summed E-state index contributed by atoms with van der Waals surface area (Å²) >= 11 is 0. The van der Waals surface area contributed by atoms with E-state index in [2.05, 4.69) is 0 Å². The first-order valence-corrected chi connectivity index (χ1v) is 5.74. The Hall–Kier alpha value is -1.49. The number of carbonyl (C=O) groups is 1. The Morgan fingerprint density at radius 2 is 2.24 bits per heavy atom. The molecule has 5 nitrogen and oxygen atoms in total. The predicted molar refractivity (Wildman–Crippen MR) is 65.8 cm³/mol. The Bertz CT molecular complexity index is 437. The van der Waals surface area contributed by atoms with E-state index < -0.39 is 0 Å². The highest BCUT2D eigenvalue weighted by Crippen LogP contribution is 2.19. The van der Waals surface area contributed by atoms with E-state index in [1.54, 1.807) is 16.8 Å². The average Bonchev–Trinajstić information content (AvgIpc) is 2.55. The molecule has 1 saturated heterocycles. The van der Waals surface area contributed by atoms with Crippen LogP contribution in [0.25, 0.3) is 0 Å². The molecule has 0 radical (unpaired) electrons. The van der Waals surface area contributed by atoms with Crippen molar-refractivity contribution in [2.24, 2.45) is 7.05 Å². The van der Waals surface area contributed by atoms with Gasteiger partial charge in [0.1, 0.15) is 5.69 Å². The molecule has 0 atom stereocenters. The Balaban J connectivity index is 2.18. The first-order valence-electron chi connectivity index (χ1n) is 5.74. The van der Waals surface area contributed by atoms with Crippen molar-refractivity contribution in [3.63, 3.8) is 0 Å². The van der Waals surface area contributed by atoms with E-state index in [1.165, 1.54) is 0 Å². The molecular formula is C12H19N3O2. The molecule has 2 heterocycles. The zero-order chi connectivity index (χ0) is 12.6. The summed E-state index contributed by atoms with van der Waals surface area (Å²) in [5.41, 5.74) is 6.65. The third-order valence-electron chi connectivity index (χ3n) is 2.96. The monoisotopic (exact) mass is 237 g/mol. The number of carbonyl (C=O) groups excluding carboxylic acids is 1. The highest BCUT2D eigenvalue weighted by atomic mass is 16.5. The fourth-order valence-corrected chi connectivity index (χ4v) is 2.15. The van der Waals surface area contributed by atoms with Crippen molar-refractivity contribution < 1.29 is 9.53 Å². The molecule has 94 valence electrons. The molecule has 1 fully saturated rings. The molecule has 0 saturated carbocycles. The number of nitrogen functional groups attached to an aromatic ring is 1. The summed E-state index contributed by atoms with van der Waals surface area (Å²) < 4.78 is 7.36. The van der Waals surface area contributed by atoms with Crippen LogP contribution in [0, 0.1) is 0 Å². The third-order valence-corrected chi connectivity index (χ3v) is 2.96. The lowest BCUT2D eigenvalue weighted by Crippen LogP contribution is -2.50. The van der Waals surface area contributed by atoms with Crippen LogP contribution in [-0.4, -0.2) is 40.7 Å². The van der Waals surface area contributed by atoms with Crippen LogP contribution in [-0.2, 0) is 11.8 Å². The Labute approximate surface area is 101 Å². The Morgan fingerprint density at radius 1 is 1.53 bits per heavy atom. The van der Waals surface area contributed by atoms with Crippen molar-refractivity contribution in [1.82, 2.24) is 9.47 Å². The number of nitrogens with two attached hydrogens (primary N) is 1. The first-order chi connectivity index (χ1) is 7.89. The fourth-order valence-electron chi connectivity index (χ4n) is 2.15. The molecule has 1 amide bonds. The lowest BCUT2D eigenvalue weighted by molar-refractivity contribution is -0.0765. The summed E-state index contributed by atoms with van der Waals surface area (Å²) in [6.07, 6.45) is 1.75. The lowest BCUT2D eigenvalue weighted by Gasteiger charge is -2.38. The molecule has 0 aliphatic carbocycles. The van der Waals surface area contributed by atoms with Gasteiger partial charge in [0.15, 0.2) is 0 Å². The van der Waals surface area contributed by atoms with Crippen LogP contribution in [0.3, 0.4) is 0 Å². The number of ether oxygens (including phenoxy) is 1. The van der Waals surface area contributed by atoms with Crippen molar-refractivity contribution in [2.45, 2.75) is 19.4 Å². The Morgan fingerprint density at radius 3 is 2.76 bits per heavy atom. The zero-order valence-electron chi connectivity index (χ0n) is 10.6. The minimum atomic E-state index is -0.273. The first kappa shape index (κ1) is 12.0. The summed E-state index contributed by atoms with van der Waals surface area (Å²) in [6.45, 7) is 5.81. The normalized spacial score (nSPS) is 19.4. The molecule has 17 heavy (non-hydrogen) atoms. The van der Waals surface area contributed by atoms with Crippen LogP contribution in [0.4, 0.5) is 5.69 Å². The second-order valence-electron chi connectivity index (χ2n) is 5.10. The number of morpholine rings is 1. The number of aryl methyl sites for hydroxylation is 1. The van der Waals surface area contributed by atoms with Crippen molar-refractivity contribution in [3.8, 4) is 0 Å². The van der Waals surface area contributed by atoms with Crippen LogP contribution < -0.4 is 5.73 Å². The van der Waals surface area contributed by atoms with E-state index in [4.69, 9.17) is 10.5 Å². The smallest absolute Gasteiger partial charge is 0.270 e. The van der Waals surface area contributed by atoms with Gasteiger partial charge in [-0.3, -0.25) is 4.79 Å². The van der Waals surface area contributed by atoms with Gasteiger partial charge in [-0.25, -0.2) is 0 Å². The minimum Gasteiger partial charge on any atom is -0.397 e. The van der Waals surface area contributed by atoms with Gasteiger partial charge in [-0.15, -0.1) is 0 Å². The summed E-state index contributed by atoms with van der Waals surface area (Å²) in [5, 5.41) is 0. The van der Waals surface area contributed by atoms with Gasteiger partial charge in [0.2, 0.25) is 0 Å². The molecular weight excluding hydrogens is 218 g/mol. The van der Waals surface area contributed by atoms with Gasteiger partial charge in [-0.1, -0.05) is 0 Å². The zero-order valence-corrected chi connectivity index (χ0v) is 10.6. The standard InChI is InChI=1S/C12H19N3O2/c1-12(2)8-15(4-5-17-12)11(16)10-6-9(13)7-14(10)3/h6-7H,4-5,8,13H2,1-3H3. The van der Waals surface area contributed by atoms with Crippen LogP contribution in [0.5, 0.6) is 0 Å². The highest BCUT2D eigenvalue weighted by molar-refractivity contribution is 5.94. The predicted octanol–water partition coefficient (Wildman–Crippen LogP) is 0.858. The molecule has 2 N–H and O–H groups in total. The molecule has 0 spiro atoms. The summed E-state index contributed by atoms with van der Waals surface area (Å²) in [4.78, 5) is 14.1. The number of aromatic nitrogens is 1. The molecule has 1 aliphatic heterocycles.